The fraction of sp³-hybridized carbons (Fsp3) is 0.667. The van der Waals surface area contributed by atoms with Gasteiger partial charge in [0.25, 0.3) is 0 Å². The lowest BCUT2D eigenvalue weighted by molar-refractivity contribution is -0.131. The zero-order valence-electron chi connectivity index (χ0n) is 12.5. The first-order chi connectivity index (χ1) is 9.52. The van der Waals surface area contributed by atoms with E-state index in [-0.39, 0.29) is 17.6 Å². The van der Waals surface area contributed by atoms with Crippen LogP contribution in [-0.4, -0.2) is 48.4 Å². The molecule has 20 heavy (non-hydrogen) atoms. The van der Waals surface area contributed by atoms with Crippen molar-refractivity contribution in [1.29, 1.82) is 0 Å². The fourth-order valence-electron chi connectivity index (χ4n) is 3.22. The first-order valence-electron chi connectivity index (χ1n) is 7.28. The summed E-state index contributed by atoms with van der Waals surface area (Å²) in [7, 11) is 4.27. The maximum absolute atomic E-state index is 12.3. The molecule has 1 aliphatic carbocycles. The monoisotopic (exact) mass is 293 g/mol. The molecule has 1 atom stereocenters. The molecule has 0 radical (unpaired) electrons. The fourth-order valence-corrected chi connectivity index (χ4v) is 4.19. The van der Waals surface area contributed by atoms with Crippen LogP contribution in [0.15, 0.2) is 12.1 Å². The molecule has 4 nitrogen and oxygen atoms in total. The number of hydrogen-bond donors (Lipinski definition) is 1. The van der Waals surface area contributed by atoms with Gasteiger partial charge in [-0.3, -0.25) is 10.1 Å². The zero-order valence-corrected chi connectivity index (χ0v) is 13.3. The van der Waals surface area contributed by atoms with Gasteiger partial charge in [-0.25, -0.2) is 0 Å². The van der Waals surface area contributed by atoms with Crippen molar-refractivity contribution in [2.75, 3.05) is 27.2 Å². The first-order valence-corrected chi connectivity index (χ1v) is 8.10. The van der Waals surface area contributed by atoms with Gasteiger partial charge >= 0.3 is 0 Å². The highest BCUT2D eigenvalue weighted by molar-refractivity contribution is 7.12. The minimum atomic E-state index is 0.0682. The largest absolute Gasteiger partial charge is 0.319 e. The molecule has 2 heterocycles. The standard InChI is InChI=1S/C15H23N3OS/c1-11-5-6-12(20-11)14-16-9-13(19)18(14)10-15(17(2)3)7-4-8-15/h5-6,14,16H,4,7-10H2,1-3H3. The van der Waals surface area contributed by atoms with Crippen molar-refractivity contribution in [3.63, 3.8) is 0 Å². The highest BCUT2D eigenvalue weighted by atomic mass is 32.1. The minimum absolute atomic E-state index is 0.0682. The number of carbonyl (C=O) groups is 1. The van der Waals surface area contributed by atoms with Crippen LogP contribution >= 0.6 is 11.3 Å². The molecule has 3 rings (SSSR count). The van der Waals surface area contributed by atoms with Gasteiger partial charge in [-0.2, -0.15) is 0 Å². The normalized spacial score (nSPS) is 25.3. The van der Waals surface area contributed by atoms with Crippen molar-refractivity contribution in [2.45, 2.75) is 37.9 Å². The second-order valence-corrected chi connectivity index (χ2v) is 7.55. The number of aryl methyl sites for hydroxylation is 1. The van der Waals surface area contributed by atoms with Crippen molar-refractivity contribution in [1.82, 2.24) is 15.1 Å². The topological polar surface area (TPSA) is 35.6 Å². The Hall–Kier alpha value is -0.910. The lowest BCUT2D eigenvalue weighted by atomic mass is 9.75. The molecule has 5 heteroatoms. The Labute approximate surface area is 124 Å². The zero-order chi connectivity index (χ0) is 14.3. The number of hydrogen-bond acceptors (Lipinski definition) is 4. The molecule has 0 aromatic carbocycles. The van der Waals surface area contributed by atoms with Crippen LogP contribution in [0.3, 0.4) is 0 Å². The number of rotatable bonds is 4. The molecule has 1 aromatic rings. The van der Waals surface area contributed by atoms with E-state index in [1.54, 1.807) is 11.3 Å². The summed E-state index contributed by atoms with van der Waals surface area (Å²) >= 11 is 1.78. The Morgan fingerprint density at radius 3 is 2.70 bits per heavy atom. The number of nitrogens with zero attached hydrogens (tertiary/aromatic N) is 2. The van der Waals surface area contributed by atoms with Gasteiger partial charge in [0.2, 0.25) is 5.91 Å². The lowest BCUT2D eigenvalue weighted by Crippen LogP contribution is -2.58. The molecular formula is C15H23N3OS. The van der Waals surface area contributed by atoms with Gasteiger partial charge in [-0.05, 0) is 52.4 Å². The van der Waals surface area contributed by atoms with E-state index in [0.29, 0.717) is 6.54 Å². The molecular weight excluding hydrogens is 270 g/mol. The molecule has 2 aliphatic rings. The van der Waals surface area contributed by atoms with Gasteiger partial charge in [0.1, 0.15) is 6.17 Å². The second kappa shape index (κ2) is 5.13. The van der Waals surface area contributed by atoms with Crippen molar-refractivity contribution in [2.24, 2.45) is 0 Å². The van der Waals surface area contributed by atoms with Crippen LogP contribution in [0.2, 0.25) is 0 Å². The van der Waals surface area contributed by atoms with Crippen molar-refractivity contribution in [3.05, 3.63) is 21.9 Å². The summed E-state index contributed by atoms with van der Waals surface area (Å²) in [6.07, 6.45) is 3.73. The number of nitrogens with one attached hydrogen (secondary N) is 1. The third-order valence-corrected chi connectivity index (χ3v) is 5.86. The van der Waals surface area contributed by atoms with Gasteiger partial charge in [-0.1, -0.05) is 0 Å². The number of carbonyl (C=O) groups excluding carboxylic acids is 1. The lowest BCUT2D eigenvalue weighted by Gasteiger charge is -2.49. The van der Waals surface area contributed by atoms with Gasteiger partial charge < -0.3 is 9.80 Å². The molecule has 1 aliphatic heterocycles. The Balaban J connectivity index is 1.80. The molecule has 2 fully saturated rings. The Morgan fingerprint density at radius 1 is 1.45 bits per heavy atom. The molecule has 1 saturated heterocycles. The van der Waals surface area contributed by atoms with Gasteiger partial charge in [0.15, 0.2) is 0 Å². The Bertz CT molecular complexity index is 507. The van der Waals surface area contributed by atoms with Crippen LogP contribution in [-0.2, 0) is 4.79 Å². The Kier molecular flexibility index (Phi) is 3.60. The Morgan fingerprint density at radius 2 is 2.20 bits per heavy atom. The van der Waals surface area contributed by atoms with E-state index < -0.39 is 0 Å². The van der Waals surface area contributed by atoms with E-state index in [0.717, 1.165) is 6.54 Å². The molecule has 1 aromatic heterocycles. The van der Waals surface area contributed by atoms with Crippen molar-refractivity contribution < 1.29 is 4.79 Å². The predicted molar refractivity (Wildman–Crippen MR) is 81.8 cm³/mol. The summed E-state index contributed by atoms with van der Waals surface area (Å²) in [6.45, 7) is 3.42. The van der Waals surface area contributed by atoms with Gasteiger partial charge in [0, 0.05) is 21.8 Å². The van der Waals surface area contributed by atoms with Crippen molar-refractivity contribution >= 4 is 17.2 Å². The van der Waals surface area contributed by atoms with E-state index >= 15 is 0 Å². The smallest absolute Gasteiger partial charge is 0.238 e. The van der Waals surface area contributed by atoms with Crippen LogP contribution in [0.25, 0.3) is 0 Å². The maximum Gasteiger partial charge on any atom is 0.238 e. The van der Waals surface area contributed by atoms with Crippen LogP contribution < -0.4 is 5.32 Å². The molecule has 1 N–H and O–H groups in total. The summed E-state index contributed by atoms with van der Waals surface area (Å²) in [5.41, 5.74) is 0.187. The number of likely N-dealkylation sites (N-methyl/N-ethyl adjacent to an activating group) is 1. The summed E-state index contributed by atoms with van der Waals surface area (Å²) in [4.78, 5) is 19.2. The summed E-state index contributed by atoms with van der Waals surface area (Å²) in [5, 5.41) is 3.36. The van der Waals surface area contributed by atoms with E-state index in [1.807, 2.05) is 4.90 Å². The molecule has 1 unspecified atom stereocenters. The van der Waals surface area contributed by atoms with E-state index in [9.17, 15) is 4.79 Å². The average molecular weight is 293 g/mol. The second-order valence-electron chi connectivity index (χ2n) is 6.23. The predicted octanol–water partition coefficient (Wildman–Crippen LogP) is 1.97. The summed E-state index contributed by atoms with van der Waals surface area (Å²) in [6, 6.07) is 4.28. The third-order valence-electron chi connectivity index (χ3n) is 4.81. The SMILES string of the molecule is Cc1ccc(C2NCC(=O)N2CC2(N(C)C)CCC2)s1. The van der Waals surface area contributed by atoms with Crippen LogP contribution in [0, 0.1) is 6.92 Å². The summed E-state index contributed by atoms with van der Waals surface area (Å²) < 4.78 is 0. The van der Waals surface area contributed by atoms with Gasteiger partial charge in [-0.15, -0.1) is 11.3 Å². The minimum Gasteiger partial charge on any atom is -0.319 e. The molecule has 110 valence electrons. The molecule has 1 saturated carbocycles. The van der Waals surface area contributed by atoms with E-state index in [4.69, 9.17) is 0 Å². The van der Waals surface area contributed by atoms with Crippen LogP contribution in [0.5, 0.6) is 0 Å². The van der Waals surface area contributed by atoms with Crippen LogP contribution in [0.1, 0.15) is 35.2 Å². The third kappa shape index (κ3) is 2.28. The first kappa shape index (κ1) is 14.0. The number of amides is 1. The maximum atomic E-state index is 12.3. The highest BCUT2D eigenvalue weighted by Crippen LogP contribution is 2.39. The molecule has 0 spiro atoms. The molecule has 0 bridgehead atoms. The average Bonchev–Trinajstić information content (AvgIpc) is 2.90. The van der Waals surface area contributed by atoms with Crippen LogP contribution in [0.4, 0.5) is 0 Å². The van der Waals surface area contributed by atoms with E-state index in [2.05, 4.69) is 43.4 Å². The van der Waals surface area contributed by atoms with E-state index in [1.165, 1.54) is 29.0 Å². The summed E-state index contributed by atoms with van der Waals surface area (Å²) in [5.74, 6) is 0.231. The highest BCUT2D eigenvalue weighted by Gasteiger charge is 2.44. The quantitative estimate of drug-likeness (QED) is 0.922. The molecule has 1 amide bonds. The number of thiophene rings is 1. The van der Waals surface area contributed by atoms with Gasteiger partial charge in [0.05, 0.1) is 6.54 Å². The van der Waals surface area contributed by atoms with Crippen molar-refractivity contribution in [3.8, 4) is 0 Å².